The molecule has 0 unspecified atom stereocenters. The molecule has 1 atom stereocenters. The van der Waals surface area contributed by atoms with Gasteiger partial charge in [-0.1, -0.05) is 10.5 Å². The lowest BCUT2D eigenvalue weighted by Gasteiger charge is -2.27. The van der Waals surface area contributed by atoms with Gasteiger partial charge < -0.3 is 9.45 Å². The third kappa shape index (κ3) is 5.47. The third-order valence-corrected chi connectivity index (χ3v) is 7.79. The van der Waals surface area contributed by atoms with E-state index in [4.69, 9.17) is 0 Å². The Morgan fingerprint density at radius 2 is 1.89 bits per heavy atom. The molecule has 1 aliphatic heterocycles. The fraction of sp³-hybridized carbons (Fsp3) is 0.269. The van der Waals surface area contributed by atoms with E-state index in [1.165, 1.54) is 24.8 Å². The van der Waals surface area contributed by atoms with Gasteiger partial charge >= 0.3 is 0 Å². The SMILES string of the molecule is CC(C)(C)[S@@+]([O-])/N=C(\c1cnc(C2=CCN(c3ncnn4cc(Br)cc34)CC2)nc1)c1ccc(F)cc1F. The molecule has 12 heteroatoms. The average molecular weight is 600 g/mol. The Labute approximate surface area is 230 Å². The number of anilines is 1. The van der Waals surface area contributed by atoms with E-state index >= 15 is 0 Å². The van der Waals surface area contributed by atoms with Gasteiger partial charge in [0, 0.05) is 53.3 Å². The first-order valence-electron chi connectivity index (χ1n) is 11.8. The number of rotatable bonds is 5. The smallest absolute Gasteiger partial charge is 0.156 e. The molecule has 0 amide bonds. The average Bonchev–Trinajstić information content (AvgIpc) is 3.27. The molecular weight excluding hydrogens is 576 g/mol. The lowest BCUT2D eigenvalue weighted by Crippen LogP contribution is -2.30. The van der Waals surface area contributed by atoms with Gasteiger partial charge in [0.15, 0.2) is 11.6 Å². The van der Waals surface area contributed by atoms with Crippen molar-refractivity contribution in [2.24, 2.45) is 4.40 Å². The van der Waals surface area contributed by atoms with Gasteiger partial charge in [-0.15, -0.1) is 0 Å². The highest BCUT2D eigenvalue weighted by Gasteiger charge is 2.29. The van der Waals surface area contributed by atoms with Crippen LogP contribution in [0.2, 0.25) is 0 Å². The van der Waals surface area contributed by atoms with Gasteiger partial charge in [0.05, 0.1) is 0 Å². The Morgan fingerprint density at radius 3 is 2.55 bits per heavy atom. The lowest BCUT2D eigenvalue weighted by molar-refractivity contribution is 0.561. The Balaban J connectivity index is 1.41. The molecule has 0 spiro atoms. The summed E-state index contributed by atoms with van der Waals surface area (Å²) >= 11 is 1.80. The van der Waals surface area contributed by atoms with Crippen LogP contribution < -0.4 is 4.90 Å². The van der Waals surface area contributed by atoms with Crippen LogP contribution in [-0.2, 0) is 11.4 Å². The summed E-state index contributed by atoms with van der Waals surface area (Å²) in [6.07, 6.45) is 9.23. The molecule has 0 saturated carbocycles. The molecule has 3 aromatic heterocycles. The van der Waals surface area contributed by atoms with E-state index in [2.05, 4.69) is 51.4 Å². The minimum Gasteiger partial charge on any atom is -0.591 e. The highest BCUT2D eigenvalue weighted by atomic mass is 79.9. The molecule has 0 bridgehead atoms. The predicted molar refractivity (Wildman–Crippen MR) is 147 cm³/mol. The summed E-state index contributed by atoms with van der Waals surface area (Å²) in [6, 6.07) is 5.17. The topological polar surface area (TPSA) is 94.6 Å². The van der Waals surface area contributed by atoms with Gasteiger partial charge in [-0.2, -0.15) is 5.10 Å². The molecular formula is C26H24BrF2N7OS. The first-order chi connectivity index (χ1) is 18.1. The summed E-state index contributed by atoms with van der Waals surface area (Å²) in [5.74, 6) is -0.129. The van der Waals surface area contributed by atoms with Crippen molar-refractivity contribution < 1.29 is 13.3 Å². The van der Waals surface area contributed by atoms with Crippen LogP contribution in [-0.4, -0.2) is 52.7 Å². The molecule has 0 saturated heterocycles. The summed E-state index contributed by atoms with van der Waals surface area (Å²) in [4.78, 5) is 15.6. The summed E-state index contributed by atoms with van der Waals surface area (Å²) in [5, 5.41) is 4.25. The van der Waals surface area contributed by atoms with Crippen molar-refractivity contribution in [3.8, 4) is 0 Å². The van der Waals surface area contributed by atoms with Crippen LogP contribution in [0, 0.1) is 11.6 Å². The number of nitrogens with zero attached hydrogens (tertiary/aromatic N) is 7. The van der Waals surface area contributed by atoms with Crippen molar-refractivity contribution >= 4 is 49.9 Å². The molecule has 196 valence electrons. The van der Waals surface area contributed by atoms with Gasteiger partial charge in [0.2, 0.25) is 0 Å². The Hall–Kier alpha value is -3.22. The Kier molecular flexibility index (Phi) is 7.30. The zero-order valence-corrected chi connectivity index (χ0v) is 23.3. The minimum absolute atomic E-state index is 0.0288. The zero-order valence-electron chi connectivity index (χ0n) is 20.9. The second-order valence-corrected chi connectivity index (χ2v) is 12.5. The summed E-state index contributed by atoms with van der Waals surface area (Å²) < 4.78 is 47.4. The van der Waals surface area contributed by atoms with E-state index in [9.17, 15) is 13.3 Å². The van der Waals surface area contributed by atoms with Crippen molar-refractivity contribution in [3.05, 3.63) is 88.3 Å². The molecule has 1 aliphatic rings. The Morgan fingerprint density at radius 1 is 1.13 bits per heavy atom. The second kappa shape index (κ2) is 10.5. The van der Waals surface area contributed by atoms with Crippen molar-refractivity contribution in [2.75, 3.05) is 18.0 Å². The van der Waals surface area contributed by atoms with Crippen molar-refractivity contribution in [2.45, 2.75) is 31.9 Å². The monoisotopic (exact) mass is 599 g/mol. The normalized spacial score (nSPS) is 15.6. The van der Waals surface area contributed by atoms with Gasteiger partial charge in [0.1, 0.15) is 45.3 Å². The van der Waals surface area contributed by atoms with Crippen LogP contribution in [0.15, 0.2) is 64.1 Å². The van der Waals surface area contributed by atoms with Crippen LogP contribution in [0.1, 0.15) is 44.1 Å². The molecule has 1 aromatic carbocycles. The molecule has 0 N–H and O–H groups in total. The highest BCUT2D eigenvalue weighted by molar-refractivity contribution is 9.10. The lowest BCUT2D eigenvalue weighted by atomic mass is 10.0. The van der Waals surface area contributed by atoms with Crippen LogP contribution in [0.3, 0.4) is 0 Å². The Bertz CT molecular complexity index is 1550. The molecule has 5 rings (SSSR count). The fourth-order valence-corrected chi connectivity index (χ4v) is 5.02. The predicted octanol–water partition coefficient (Wildman–Crippen LogP) is 5.15. The van der Waals surface area contributed by atoms with Gasteiger partial charge in [-0.05, 0) is 66.9 Å². The summed E-state index contributed by atoms with van der Waals surface area (Å²) in [6.45, 7) is 6.64. The molecule has 0 fully saturated rings. The fourth-order valence-electron chi connectivity index (χ4n) is 3.97. The third-order valence-electron chi connectivity index (χ3n) is 5.96. The van der Waals surface area contributed by atoms with Crippen LogP contribution >= 0.6 is 15.9 Å². The maximum absolute atomic E-state index is 14.7. The first-order valence-corrected chi connectivity index (χ1v) is 13.7. The number of hydrogen-bond donors (Lipinski definition) is 0. The van der Waals surface area contributed by atoms with Gasteiger partial charge in [-0.3, -0.25) is 0 Å². The number of halogens is 3. The van der Waals surface area contributed by atoms with E-state index in [0.29, 0.717) is 30.9 Å². The van der Waals surface area contributed by atoms with Crippen LogP contribution in [0.5, 0.6) is 0 Å². The maximum atomic E-state index is 14.7. The molecule has 4 aromatic rings. The van der Waals surface area contributed by atoms with Crippen LogP contribution in [0.25, 0.3) is 11.1 Å². The highest BCUT2D eigenvalue weighted by Crippen LogP contribution is 2.28. The minimum atomic E-state index is -1.68. The van der Waals surface area contributed by atoms with E-state index in [-0.39, 0.29) is 11.3 Å². The maximum Gasteiger partial charge on any atom is 0.156 e. The van der Waals surface area contributed by atoms with Gasteiger partial charge in [-0.25, -0.2) is 28.2 Å². The van der Waals surface area contributed by atoms with Crippen LogP contribution in [0.4, 0.5) is 14.6 Å². The molecule has 4 heterocycles. The van der Waals surface area contributed by atoms with E-state index in [1.807, 2.05) is 12.3 Å². The van der Waals surface area contributed by atoms with Crippen molar-refractivity contribution in [1.82, 2.24) is 24.6 Å². The van der Waals surface area contributed by atoms with Crippen molar-refractivity contribution in [3.63, 3.8) is 0 Å². The summed E-state index contributed by atoms with van der Waals surface area (Å²) in [5.41, 5.74) is 2.40. The quantitative estimate of drug-likeness (QED) is 0.232. The molecule has 0 radical (unpaired) electrons. The largest absolute Gasteiger partial charge is 0.591 e. The van der Waals surface area contributed by atoms with Crippen molar-refractivity contribution in [1.29, 1.82) is 0 Å². The van der Waals surface area contributed by atoms with E-state index < -0.39 is 27.7 Å². The number of fused-ring (bicyclic) bond motifs is 1. The molecule has 0 aliphatic carbocycles. The number of aromatic nitrogens is 5. The van der Waals surface area contributed by atoms with Gasteiger partial charge in [0.25, 0.3) is 0 Å². The number of benzene rings is 1. The molecule has 8 nitrogen and oxygen atoms in total. The molecule has 38 heavy (non-hydrogen) atoms. The zero-order chi connectivity index (χ0) is 27.0. The number of hydrogen-bond acceptors (Lipinski definition) is 7. The first kappa shape index (κ1) is 26.4. The standard InChI is InChI=1S/C26H24BrF2N7OS/c1-26(2,3)38(37)34-23(20-5-4-19(28)11-21(20)29)17-12-30-24(31-13-17)16-6-8-35(9-7-16)25-22-10-18(27)14-36(22)33-15-32-25/h4-6,10-15H,7-9H2,1-3H3/b34-23+/t38-/m1/s1. The summed E-state index contributed by atoms with van der Waals surface area (Å²) in [7, 11) is 0. The van der Waals surface area contributed by atoms with E-state index in [1.54, 1.807) is 25.3 Å². The second-order valence-electron chi connectivity index (χ2n) is 9.72. The van der Waals surface area contributed by atoms with E-state index in [0.717, 1.165) is 33.5 Å².